The molecule has 1 fully saturated rings. The number of amides is 2. The molecule has 3 aliphatic heterocycles. The zero-order chi connectivity index (χ0) is 24.9. The molecule has 3 aliphatic rings. The monoisotopic (exact) mass is 468 g/mol. The summed E-state index contributed by atoms with van der Waals surface area (Å²) in [6, 6.07) is 14.0. The molecule has 0 aliphatic carbocycles. The first-order valence-electron chi connectivity index (χ1n) is 12.0. The molecule has 2 amide bonds. The van der Waals surface area contributed by atoms with Gasteiger partial charge in [0.2, 0.25) is 11.8 Å². The molecule has 2 aromatic carbocycles. The Balaban J connectivity index is 1.69. The van der Waals surface area contributed by atoms with Crippen molar-refractivity contribution >= 4 is 28.4 Å². The van der Waals surface area contributed by atoms with Crippen LogP contribution in [-0.2, 0) is 15.0 Å². The second kappa shape index (κ2) is 6.90. The Kier molecular flexibility index (Phi) is 4.29. The number of hydrogen-bond acceptors (Lipinski definition) is 4. The topological polar surface area (TPSA) is 75.5 Å². The maximum absolute atomic E-state index is 14.1. The Morgan fingerprint density at radius 2 is 1.83 bits per heavy atom. The number of benzene rings is 2. The summed E-state index contributed by atoms with van der Waals surface area (Å²) in [7, 11) is 0. The van der Waals surface area contributed by atoms with Crippen molar-refractivity contribution in [3.8, 4) is 0 Å². The molecular weight excluding hydrogens is 440 g/mol. The summed E-state index contributed by atoms with van der Waals surface area (Å²) in [6.45, 7) is 11.7. The van der Waals surface area contributed by atoms with Crippen LogP contribution in [0.2, 0.25) is 0 Å². The highest BCUT2D eigenvalue weighted by molar-refractivity contribution is 5.98. The lowest BCUT2D eigenvalue weighted by Gasteiger charge is -2.46. The molecule has 0 N–H and O–H groups in total. The first kappa shape index (κ1) is 21.8. The van der Waals surface area contributed by atoms with Crippen LogP contribution in [0, 0.1) is 5.41 Å². The standard InChI is InChI=1S/C28H28N4O3/c1-6-27(4,5)28-15-22-23-29-20-13-9-7-11-18(20)25(35)30(23)16(2)24(34)32(22)26(28)31(17(3)33)21-14-10-8-12-19(21)28/h6-14,16,22,26H,1,15H2,2-5H3. The number of hydrogen-bond donors (Lipinski definition) is 0. The van der Waals surface area contributed by atoms with Crippen LogP contribution in [0.1, 0.15) is 57.6 Å². The van der Waals surface area contributed by atoms with Crippen LogP contribution in [-0.4, -0.2) is 32.4 Å². The van der Waals surface area contributed by atoms with E-state index < -0.39 is 29.1 Å². The Hall–Kier alpha value is -3.74. The van der Waals surface area contributed by atoms with Gasteiger partial charge in [-0.3, -0.25) is 23.9 Å². The van der Waals surface area contributed by atoms with E-state index in [4.69, 9.17) is 4.98 Å². The summed E-state index contributed by atoms with van der Waals surface area (Å²) < 4.78 is 1.56. The summed E-state index contributed by atoms with van der Waals surface area (Å²) in [5, 5.41) is 0.499. The van der Waals surface area contributed by atoms with Crippen molar-refractivity contribution in [2.24, 2.45) is 5.41 Å². The largest absolute Gasteiger partial charge is 0.309 e. The number of rotatable bonds is 2. The molecule has 1 aromatic heterocycles. The predicted octanol–water partition coefficient (Wildman–Crippen LogP) is 4.09. The minimum absolute atomic E-state index is 0.125. The summed E-state index contributed by atoms with van der Waals surface area (Å²) in [6.07, 6.45) is 1.91. The number of carbonyl (C=O) groups excluding carboxylic acids is 2. The lowest BCUT2D eigenvalue weighted by Crippen LogP contribution is -2.59. The van der Waals surface area contributed by atoms with E-state index in [0.717, 1.165) is 11.3 Å². The molecule has 178 valence electrons. The van der Waals surface area contributed by atoms with Gasteiger partial charge in [0.25, 0.3) is 5.56 Å². The number of anilines is 1. The molecule has 7 nitrogen and oxygen atoms in total. The van der Waals surface area contributed by atoms with Gasteiger partial charge in [0, 0.05) is 18.0 Å². The molecule has 4 atom stereocenters. The van der Waals surface area contributed by atoms with E-state index in [2.05, 4.69) is 26.5 Å². The average molecular weight is 469 g/mol. The second-order valence-corrected chi connectivity index (χ2v) is 10.5. The van der Waals surface area contributed by atoms with Gasteiger partial charge in [0.15, 0.2) is 0 Å². The van der Waals surface area contributed by atoms with Gasteiger partial charge in [-0.1, -0.05) is 50.3 Å². The van der Waals surface area contributed by atoms with Gasteiger partial charge >= 0.3 is 0 Å². The SMILES string of the molecule is C=CC(C)(C)C12CC3c4nc5ccccc5c(=O)n4C(C)C(=O)N3C1N(C(C)=O)c1ccccc12. The predicted molar refractivity (Wildman–Crippen MR) is 134 cm³/mol. The van der Waals surface area contributed by atoms with Crippen LogP contribution in [0.4, 0.5) is 5.69 Å². The zero-order valence-electron chi connectivity index (χ0n) is 20.4. The summed E-state index contributed by atoms with van der Waals surface area (Å²) in [5.41, 5.74) is 1.17. The van der Waals surface area contributed by atoms with E-state index in [-0.39, 0.29) is 17.4 Å². The molecule has 3 aromatic rings. The van der Waals surface area contributed by atoms with E-state index in [1.165, 1.54) is 0 Å². The highest BCUT2D eigenvalue weighted by atomic mass is 16.2. The van der Waals surface area contributed by atoms with Crippen molar-refractivity contribution in [1.29, 1.82) is 0 Å². The fourth-order valence-electron chi connectivity index (χ4n) is 6.76. The number of nitrogens with zero attached hydrogens (tertiary/aromatic N) is 4. The molecule has 7 heteroatoms. The zero-order valence-corrected chi connectivity index (χ0v) is 20.4. The van der Waals surface area contributed by atoms with Crippen molar-refractivity contribution in [3.05, 3.63) is 82.9 Å². The summed E-state index contributed by atoms with van der Waals surface area (Å²) in [4.78, 5) is 49.3. The van der Waals surface area contributed by atoms with E-state index in [0.29, 0.717) is 23.1 Å². The molecular formula is C28H28N4O3. The molecule has 4 unspecified atom stereocenters. The fraction of sp³-hybridized carbons (Fsp3) is 0.357. The smallest absolute Gasteiger partial charge is 0.262 e. The van der Waals surface area contributed by atoms with Crippen LogP contribution in [0.5, 0.6) is 0 Å². The van der Waals surface area contributed by atoms with Crippen molar-refractivity contribution in [1.82, 2.24) is 14.5 Å². The first-order chi connectivity index (χ1) is 16.7. The van der Waals surface area contributed by atoms with E-state index in [9.17, 15) is 14.4 Å². The Morgan fingerprint density at radius 1 is 1.14 bits per heavy atom. The number of aromatic nitrogens is 2. The lowest BCUT2D eigenvalue weighted by atomic mass is 9.60. The summed E-state index contributed by atoms with van der Waals surface area (Å²) >= 11 is 0. The Labute approximate surface area is 203 Å². The van der Waals surface area contributed by atoms with E-state index in [1.54, 1.807) is 29.4 Å². The molecule has 0 spiro atoms. The van der Waals surface area contributed by atoms with Gasteiger partial charge in [0.1, 0.15) is 18.0 Å². The Morgan fingerprint density at radius 3 is 2.54 bits per heavy atom. The van der Waals surface area contributed by atoms with Crippen LogP contribution in [0.3, 0.4) is 0 Å². The third-order valence-corrected chi connectivity index (χ3v) is 8.58. The van der Waals surface area contributed by atoms with Gasteiger partial charge in [0.05, 0.1) is 16.9 Å². The fourth-order valence-corrected chi connectivity index (χ4v) is 6.76. The third-order valence-electron chi connectivity index (χ3n) is 8.58. The van der Waals surface area contributed by atoms with Gasteiger partial charge in [-0.15, -0.1) is 6.58 Å². The van der Waals surface area contributed by atoms with Crippen LogP contribution < -0.4 is 10.5 Å². The van der Waals surface area contributed by atoms with Gasteiger partial charge in [-0.2, -0.15) is 0 Å². The van der Waals surface area contributed by atoms with Crippen molar-refractivity contribution in [3.63, 3.8) is 0 Å². The quantitative estimate of drug-likeness (QED) is 0.531. The summed E-state index contributed by atoms with van der Waals surface area (Å²) in [5.74, 6) is 0.280. The minimum atomic E-state index is -0.731. The number of fused-ring (bicyclic) bond motifs is 8. The van der Waals surface area contributed by atoms with Crippen molar-refractivity contribution < 1.29 is 9.59 Å². The van der Waals surface area contributed by atoms with Crippen molar-refractivity contribution in [2.75, 3.05) is 4.90 Å². The highest BCUT2D eigenvalue weighted by Gasteiger charge is 2.69. The van der Waals surface area contributed by atoms with Crippen LogP contribution >= 0.6 is 0 Å². The highest BCUT2D eigenvalue weighted by Crippen LogP contribution is 2.65. The molecule has 0 radical (unpaired) electrons. The second-order valence-electron chi connectivity index (χ2n) is 10.5. The van der Waals surface area contributed by atoms with Gasteiger partial charge in [-0.25, -0.2) is 4.98 Å². The number of carbonyl (C=O) groups is 2. The maximum Gasteiger partial charge on any atom is 0.262 e. The number of para-hydroxylation sites is 2. The Bertz CT molecular complexity index is 1510. The van der Waals surface area contributed by atoms with Gasteiger partial charge < -0.3 is 4.90 Å². The molecule has 4 heterocycles. The maximum atomic E-state index is 14.1. The minimum Gasteiger partial charge on any atom is -0.309 e. The first-order valence-corrected chi connectivity index (χ1v) is 12.0. The van der Waals surface area contributed by atoms with Gasteiger partial charge in [-0.05, 0) is 42.5 Å². The molecule has 35 heavy (non-hydrogen) atoms. The molecule has 6 rings (SSSR count). The van der Waals surface area contributed by atoms with Crippen LogP contribution in [0.25, 0.3) is 10.9 Å². The lowest BCUT2D eigenvalue weighted by molar-refractivity contribution is -0.141. The third kappa shape index (κ3) is 2.45. The normalized spacial score (nSPS) is 26.9. The molecule has 0 saturated carbocycles. The molecule has 0 bridgehead atoms. The van der Waals surface area contributed by atoms with Crippen molar-refractivity contribution in [2.45, 2.75) is 57.8 Å². The van der Waals surface area contributed by atoms with E-state index in [1.807, 2.05) is 47.4 Å². The average Bonchev–Trinajstić information content (AvgIpc) is 3.34. The van der Waals surface area contributed by atoms with Crippen LogP contribution in [0.15, 0.2) is 66.0 Å². The van der Waals surface area contributed by atoms with E-state index >= 15 is 0 Å². The molecule has 1 saturated heterocycles. The number of allylic oxidation sites excluding steroid dienone is 1.